The summed E-state index contributed by atoms with van der Waals surface area (Å²) < 4.78 is 0. The maximum atomic E-state index is 6.58. The Hall–Kier alpha value is -0.580. The summed E-state index contributed by atoms with van der Waals surface area (Å²) in [6, 6.07) is 10.8. The van der Waals surface area contributed by atoms with Gasteiger partial charge in [-0.3, -0.25) is 4.90 Å². The fourth-order valence-corrected chi connectivity index (χ4v) is 3.63. The number of halogens is 3. The van der Waals surface area contributed by atoms with Crippen molar-refractivity contribution >= 4 is 47.3 Å². The molecule has 1 saturated heterocycles. The number of hydrogen-bond donors (Lipinski definition) is 1. The summed E-state index contributed by atoms with van der Waals surface area (Å²) in [5.74, 6) is 0.701. The lowest BCUT2D eigenvalue weighted by Gasteiger charge is -2.36. The zero-order chi connectivity index (χ0) is 16.2. The number of piperazine rings is 1. The van der Waals surface area contributed by atoms with Gasteiger partial charge in [-0.1, -0.05) is 43.6 Å². The Morgan fingerprint density at radius 1 is 1.12 bits per heavy atom. The number of benzene rings is 1. The van der Waals surface area contributed by atoms with E-state index in [0.717, 1.165) is 38.1 Å². The molecule has 1 N–H and O–H groups in total. The predicted octanol–water partition coefficient (Wildman–Crippen LogP) is 5.11. The van der Waals surface area contributed by atoms with Crippen LogP contribution in [0.5, 0.6) is 0 Å². The van der Waals surface area contributed by atoms with Crippen LogP contribution in [0.4, 0.5) is 0 Å². The second kappa shape index (κ2) is 10.5. The van der Waals surface area contributed by atoms with Gasteiger partial charge in [0.25, 0.3) is 0 Å². The van der Waals surface area contributed by atoms with E-state index >= 15 is 0 Å². The molecule has 2 heterocycles. The minimum atomic E-state index is 0. The Balaban J connectivity index is 0.00000156. The number of hydrogen-bond acceptors (Lipinski definition) is 3. The molecule has 2 aromatic rings. The SMILES string of the molecule is CC(C)CC[C@@H](c1cc2ccccc2nc1Cl)N1CCNCC1.Cl.Cl. The van der Waals surface area contributed by atoms with Gasteiger partial charge in [-0.2, -0.15) is 0 Å². The van der Waals surface area contributed by atoms with Crippen molar-refractivity contribution in [2.24, 2.45) is 5.92 Å². The molecule has 0 aliphatic carbocycles. The van der Waals surface area contributed by atoms with Gasteiger partial charge >= 0.3 is 0 Å². The van der Waals surface area contributed by atoms with Crippen molar-refractivity contribution in [3.05, 3.63) is 41.0 Å². The molecule has 3 rings (SSSR count). The Morgan fingerprint density at radius 3 is 2.48 bits per heavy atom. The van der Waals surface area contributed by atoms with Gasteiger partial charge in [0.1, 0.15) is 5.15 Å². The van der Waals surface area contributed by atoms with Gasteiger partial charge in [0.2, 0.25) is 0 Å². The zero-order valence-electron chi connectivity index (χ0n) is 14.9. The predicted molar refractivity (Wildman–Crippen MR) is 113 cm³/mol. The van der Waals surface area contributed by atoms with E-state index in [2.05, 4.69) is 47.2 Å². The molecule has 1 fully saturated rings. The third kappa shape index (κ3) is 5.70. The first-order valence-electron chi connectivity index (χ1n) is 8.65. The molecule has 140 valence electrons. The fraction of sp³-hybridized carbons (Fsp3) is 0.526. The maximum Gasteiger partial charge on any atom is 0.134 e. The number of nitrogens with one attached hydrogen (secondary N) is 1. The minimum absolute atomic E-state index is 0. The Kier molecular flexibility index (Phi) is 9.47. The third-order valence-electron chi connectivity index (χ3n) is 4.67. The second-order valence-corrected chi connectivity index (χ2v) is 7.19. The first-order chi connectivity index (χ1) is 11.1. The summed E-state index contributed by atoms with van der Waals surface area (Å²) >= 11 is 6.58. The van der Waals surface area contributed by atoms with Crippen LogP contribution in [0.3, 0.4) is 0 Å². The van der Waals surface area contributed by atoms with Crippen LogP contribution in [0.15, 0.2) is 30.3 Å². The number of para-hydroxylation sites is 1. The normalized spacial score (nSPS) is 16.3. The van der Waals surface area contributed by atoms with Gasteiger partial charge in [0.05, 0.1) is 5.52 Å². The zero-order valence-corrected chi connectivity index (χ0v) is 17.3. The summed E-state index contributed by atoms with van der Waals surface area (Å²) in [7, 11) is 0. The van der Waals surface area contributed by atoms with E-state index in [1.807, 2.05) is 12.1 Å². The third-order valence-corrected chi connectivity index (χ3v) is 4.98. The van der Waals surface area contributed by atoms with Crippen molar-refractivity contribution in [1.82, 2.24) is 15.2 Å². The highest BCUT2D eigenvalue weighted by molar-refractivity contribution is 6.30. The van der Waals surface area contributed by atoms with Crippen molar-refractivity contribution in [2.45, 2.75) is 32.7 Å². The summed E-state index contributed by atoms with van der Waals surface area (Å²) in [5, 5.41) is 5.28. The molecule has 1 aliphatic rings. The van der Waals surface area contributed by atoms with Crippen LogP contribution in [0, 0.1) is 5.92 Å². The Morgan fingerprint density at radius 2 is 1.80 bits per heavy atom. The van der Waals surface area contributed by atoms with E-state index in [0.29, 0.717) is 17.1 Å². The van der Waals surface area contributed by atoms with Gasteiger partial charge in [-0.25, -0.2) is 4.98 Å². The lowest BCUT2D eigenvalue weighted by Crippen LogP contribution is -2.45. The average Bonchev–Trinajstić information content (AvgIpc) is 2.56. The topological polar surface area (TPSA) is 28.2 Å². The number of nitrogens with zero attached hydrogens (tertiary/aromatic N) is 2. The largest absolute Gasteiger partial charge is 0.314 e. The molecule has 3 nitrogen and oxygen atoms in total. The molecule has 0 spiro atoms. The molecule has 1 aromatic heterocycles. The molecule has 0 unspecified atom stereocenters. The van der Waals surface area contributed by atoms with Gasteiger partial charge in [0.15, 0.2) is 0 Å². The first kappa shape index (κ1) is 22.5. The van der Waals surface area contributed by atoms with E-state index < -0.39 is 0 Å². The second-order valence-electron chi connectivity index (χ2n) is 6.83. The molecule has 0 amide bonds. The summed E-state index contributed by atoms with van der Waals surface area (Å²) in [6.07, 6.45) is 2.34. The van der Waals surface area contributed by atoms with Crippen molar-refractivity contribution in [1.29, 1.82) is 0 Å². The highest BCUT2D eigenvalue weighted by Crippen LogP contribution is 2.33. The summed E-state index contributed by atoms with van der Waals surface area (Å²) in [5.41, 5.74) is 2.16. The van der Waals surface area contributed by atoms with Gasteiger partial charge in [0, 0.05) is 43.2 Å². The van der Waals surface area contributed by atoms with E-state index in [4.69, 9.17) is 11.6 Å². The number of pyridine rings is 1. The van der Waals surface area contributed by atoms with E-state index in [-0.39, 0.29) is 24.8 Å². The van der Waals surface area contributed by atoms with Crippen molar-refractivity contribution < 1.29 is 0 Å². The summed E-state index contributed by atoms with van der Waals surface area (Å²) in [6.45, 7) is 8.83. The van der Waals surface area contributed by atoms with Crippen LogP contribution >= 0.6 is 36.4 Å². The van der Waals surface area contributed by atoms with E-state index in [1.54, 1.807) is 0 Å². The molecular formula is C19H28Cl3N3. The lowest BCUT2D eigenvalue weighted by atomic mass is 9.96. The van der Waals surface area contributed by atoms with Crippen LogP contribution in [-0.4, -0.2) is 36.1 Å². The molecule has 1 aromatic carbocycles. The highest BCUT2D eigenvalue weighted by atomic mass is 35.5. The summed E-state index contributed by atoms with van der Waals surface area (Å²) in [4.78, 5) is 7.21. The lowest BCUT2D eigenvalue weighted by molar-refractivity contribution is 0.159. The van der Waals surface area contributed by atoms with E-state index in [1.165, 1.54) is 17.4 Å². The van der Waals surface area contributed by atoms with Crippen LogP contribution in [0.25, 0.3) is 10.9 Å². The van der Waals surface area contributed by atoms with Crippen LogP contribution in [0.1, 0.15) is 38.3 Å². The van der Waals surface area contributed by atoms with Crippen LogP contribution in [0.2, 0.25) is 5.15 Å². The van der Waals surface area contributed by atoms with E-state index in [9.17, 15) is 0 Å². The number of aromatic nitrogens is 1. The van der Waals surface area contributed by atoms with Crippen molar-refractivity contribution in [3.63, 3.8) is 0 Å². The number of rotatable bonds is 5. The highest BCUT2D eigenvalue weighted by Gasteiger charge is 2.25. The fourth-order valence-electron chi connectivity index (χ4n) is 3.36. The maximum absolute atomic E-state index is 6.58. The van der Waals surface area contributed by atoms with Crippen molar-refractivity contribution in [2.75, 3.05) is 26.2 Å². The molecule has 25 heavy (non-hydrogen) atoms. The van der Waals surface area contributed by atoms with Gasteiger partial charge < -0.3 is 5.32 Å². The quantitative estimate of drug-likeness (QED) is 0.701. The molecule has 6 heteroatoms. The standard InChI is InChI=1S/C19H26ClN3.2ClH/c1-14(2)7-8-18(23-11-9-21-10-12-23)16-13-15-5-3-4-6-17(15)22-19(16)20;;/h3-6,13-14,18,21H,7-12H2,1-2H3;2*1H/t18-;;/m0../s1. The monoisotopic (exact) mass is 403 g/mol. The smallest absolute Gasteiger partial charge is 0.134 e. The number of fused-ring (bicyclic) bond motifs is 1. The van der Waals surface area contributed by atoms with Gasteiger partial charge in [-0.05, 0) is 30.9 Å². The average molecular weight is 405 g/mol. The van der Waals surface area contributed by atoms with Crippen LogP contribution in [-0.2, 0) is 0 Å². The van der Waals surface area contributed by atoms with Gasteiger partial charge in [-0.15, -0.1) is 24.8 Å². The molecule has 0 saturated carbocycles. The van der Waals surface area contributed by atoms with Crippen molar-refractivity contribution in [3.8, 4) is 0 Å². The van der Waals surface area contributed by atoms with Crippen LogP contribution < -0.4 is 5.32 Å². The molecular weight excluding hydrogens is 377 g/mol. The minimum Gasteiger partial charge on any atom is -0.314 e. The molecule has 1 aliphatic heterocycles. The molecule has 0 bridgehead atoms. The molecule has 0 radical (unpaired) electrons. The first-order valence-corrected chi connectivity index (χ1v) is 9.03. The Bertz CT molecular complexity index is 657. The Labute approximate surface area is 168 Å². The molecule has 1 atom stereocenters.